The number of hydrogen-bond acceptors (Lipinski definition) is 4. The SMILES string of the molecule is CN(Cc1ccsc1)S(=O)(=O)c1ccc(CC(N)=S)cc1. The molecule has 0 radical (unpaired) electrons. The molecular formula is C14H16N2O2S3. The normalized spacial score (nSPS) is 11.7. The van der Waals surface area contributed by atoms with Gasteiger partial charge >= 0.3 is 0 Å². The second kappa shape index (κ2) is 6.65. The number of thiocarbonyl (C=S) groups is 1. The van der Waals surface area contributed by atoms with Crippen molar-refractivity contribution < 1.29 is 8.42 Å². The van der Waals surface area contributed by atoms with E-state index in [-0.39, 0.29) is 4.90 Å². The van der Waals surface area contributed by atoms with Crippen molar-refractivity contribution in [3.8, 4) is 0 Å². The van der Waals surface area contributed by atoms with Gasteiger partial charge in [-0.3, -0.25) is 0 Å². The number of nitrogens with two attached hydrogens (primary N) is 1. The highest BCUT2D eigenvalue weighted by Crippen LogP contribution is 2.18. The Morgan fingerprint density at radius 3 is 2.43 bits per heavy atom. The topological polar surface area (TPSA) is 63.4 Å². The molecule has 0 saturated heterocycles. The molecule has 0 atom stereocenters. The first kappa shape index (κ1) is 16.1. The summed E-state index contributed by atoms with van der Waals surface area (Å²) < 4.78 is 26.3. The van der Waals surface area contributed by atoms with E-state index in [4.69, 9.17) is 18.0 Å². The number of rotatable bonds is 6. The third-order valence-corrected chi connectivity index (χ3v) is 5.69. The van der Waals surface area contributed by atoms with E-state index in [1.54, 1.807) is 42.6 Å². The lowest BCUT2D eigenvalue weighted by atomic mass is 10.1. The van der Waals surface area contributed by atoms with Gasteiger partial charge in [-0.05, 0) is 40.1 Å². The molecule has 2 N–H and O–H groups in total. The maximum Gasteiger partial charge on any atom is 0.243 e. The molecule has 1 heterocycles. The van der Waals surface area contributed by atoms with Gasteiger partial charge in [-0.25, -0.2) is 8.42 Å². The first-order valence-electron chi connectivity index (χ1n) is 6.24. The summed E-state index contributed by atoms with van der Waals surface area (Å²) in [6, 6.07) is 8.58. The Morgan fingerprint density at radius 2 is 1.90 bits per heavy atom. The largest absolute Gasteiger partial charge is 0.393 e. The van der Waals surface area contributed by atoms with Crippen molar-refractivity contribution in [1.29, 1.82) is 0 Å². The minimum absolute atomic E-state index is 0.270. The van der Waals surface area contributed by atoms with Crippen molar-refractivity contribution in [2.75, 3.05) is 7.05 Å². The van der Waals surface area contributed by atoms with Crippen LogP contribution in [0.25, 0.3) is 0 Å². The van der Waals surface area contributed by atoms with E-state index in [9.17, 15) is 8.42 Å². The Kier molecular flexibility index (Phi) is 5.10. The fourth-order valence-corrected chi connectivity index (χ4v) is 3.87. The Labute approximate surface area is 134 Å². The van der Waals surface area contributed by atoms with Crippen LogP contribution in [0.5, 0.6) is 0 Å². The average Bonchev–Trinajstić information content (AvgIpc) is 2.91. The predicted molar refractivity (Wildman–Crippen MR) is 89.9 cm³/mol. The summed E-state index contributed by atoms with van der Waals surface area (Å²) in [4.78, 5) is 0.659. The van der Waals surface area contributed by atoms with Crippen LogP contribution in [0.1, 0.15) is 11.1 Å². The van der Waals surface area contributed by atoms with Gasteiger partial charge in [0.15, 0.2) is 0 Å². The van der Waals surface area contributed by atoms with Gasteiger partial charge < -0.3 is 5.73 Å². The van der Waals surface area contributed by atoms with Gasteiger partial charge in [-0.1, -0.05) is 24.4 Å². The fraction of sp³-hybridized carbons (Fsp3) is 0.214. The molecule has 0 aliphatic rings. The van der Waals surface area contributed by atoms with Crippen molar-refractivity contribution in [2.45, 2.75) is 17.9 Å². The van der Waals surface area contributed by atoms with E-state index in [0.717, 1.165) is 11.1 Å². The second-order valence-electron chi connectivity index (χ2n) is 4.68. The van der Waals surface area contributed by atoms with Crippen LogP contribution >= 0.6 is 23.6 Å². The van der Waals surface area contributed by atoms with Gasteiger partial charge in [0.05, 0.1) is 9.88 Å². The van der Waals surface area contributed by atoms with Crippen molar-refractivity contribution in [3.63, 3.8) is 0 Å². The molecule has 0 saturated carbocycles. The molecule has 2 rings (SSSR count). The lowest BCUT2D eigenvalue weighted by molar-refractivity contribution is 0.467. The van der Waals surface area contributed by atoms with E-state index in [2.05, 4.69) is 0 Å². The maximum atomic E-state index is 12.5. The average molecular weight is 340 g/mol. The Hall–Kier alpha value is -1.28. The van der Waals surface area contributed by atoms with Crippen LogP contribution in [-0.2, 0) is 23.0 Å². The zero-order valence-corrected chi connectivity index (χ0v) is 14.0. The first-order valence-corrected chi connectivity index (χ1v) is 9.03. The highest BCUT2D eigenvalue weighted by molar-refractivity contribution is 7.89. The summed E-state index contributed by atoms with van der Waals surface area (Å²) in [7, 11) is -1.91. The molecule has 21 heavy (non-hydrogen) atoms. The standard InChI is InChI=1S/C14H16N2O2S3/c1-16(9-12-6-7-20-10-12)21(17,18)13-4-2-11(3-5-13)8-14(15)19/h2-7,10H,8-9H2,1H3,(H2,15,19). The molecule has 4 nitrogen and oxygen atoms in total. The molecule has 0 spiro atoms. The molecule has 0 bridgehead atoms. The minimum atomic E-state index is -3.49. The van der Waals surface area contributed by atoms with Crippen LogP contribution < -0.4 is 5.73 Å². The highest BCUT2D eigenvalue weighted by Gasteiger charge is 2.20. The van der Waals surface area contributed by atoms with Crippen molar-refractivity contribution in [3.05, 3.63) is 52.2 Å². The lowest BCUT2D eigenvalue weighted by Crippen LogP contribution is -2.26. The third kappa shape index (κ3) is 4.10. The summed E-state index contributed by atoms with van der Waals surface area (Å²) in [5, 5.41) is 3.87. The molecule has 1 aromatic heterocycles. The molecule has 2 aromatic rings. The molecule has 0 aliphatic heterocycles. The maximum absolute atomic E-state index is 12.5. The number of sulfonamides is 1. The van der Waals surface area contributed by atoms with Gasteiger partial charge in [-0.2, -0.15) is 15.6 Å². The summed E-state index contributed by atoms with van der Waals surface area (Å²) in [5.74, 6) is 0. The smallest absolute Gasteiger partial charge is 0.243 e. The Bertz CT molecular complexity index is 707. The van der Waals surface area contributed by atoms with Crippen LogP contribution in [-0.4, -0.2) is 24.8 Å². The molecule has 0 aliphatic carbocycles. The Morgan fingerprint density at radius 1 is 1.24 bits per heavy atom. The molecule has 1 aromatic carbocycles. The number of benzene rings is 1. The van der Waals surface area contributed by atoms with Crippen LogP contribution in [0.15, 0.2) is 46.0 Å². The van der Waals surface area contributed by atoms with E-state index >= 15 is 0 Å². The molecular weight excluding hydrogens is 324 g/mol. The van der Waals surface area contributed by atoms with Gasteiger partial charge in [0.1, 0.15) is 0 Å². The van der Waals surface area contributed by atoms with E-state index in [0.29, 0.717) is 18.0 Å². The first-order chi connectivity index (χ1) is 9.89. The third-order valence-electron chi connectivity index (χ3n) is 3.00. The molecule has 0 fully saturated rings. The van der Waals surface area contributed by atoms with Gasteiger partial charge in [0.25, 0.3) is 0 Å². The minimum Gasteiger partial charge on any atom is -0.393 e. The summed E-state index contributed by atoms with van der Waals surface area (Å²) in [6.07, 6.45) is 0.473. The van der Waals surface area contributed by atoms with E-state index in [1.807, 2.05) is 16.8 Å². The van der Waals surface area contributed by atoms with Gasteiger partial charge in [0, 0.05) is 20.0 Å². The van der Waals surface area contributed by atoms with E-state index < -0.39 is 10.0 Å². The van der Waals surface area contributed by atoms with Crippen LogP contribution in [0.3, 0.4) is 0 Å². The van der Waals surface area contributed by atoms with Crippen LogP contribution in [0.2, 0.25) is 0 Å². The number of hydrogen-bond donors (Lipinski definition) is 1. The fourth-order valence-electron chi connectivity index (χ4n) is 1.89. The van der Waals surface area contributed by atoms with Crippen LogP contribution in [0, 0.1) is 0 Å². The Balaban J connectivity index is 2.16. The number of thiophene rings is 1. The summed E-state index contributed by atoms with van der Waals surface area (Å²) in [5.41, 5.74) is 7.37. The van der Waals surface area contributed by atoms with Crippen molar-refractivity contribution in [2.24, 2.45) is 5.73 Å². The molecule has 0 amide bonds. The molecule has 7 heteroatoms. The zero-order valence-electron chi connectivity index (χ0n) is 11.5. The number of nitrogens with zero attached hydrogens (tertiary/aromatic N) is 1. The molecule has 0 unspecified atom stereocenters. The van der Waals surface area contributed by atoms with Crippen molar-refractivity contribution >= 4 is 38.6 Å². The highest BCUT2D eigenvalue weighted by atomic mass is 32.2. The van der Waals surface area contributed by atoms with Gasteiger partial charge in [0.2, 0.25) is 10.0 Å². The lowest BCUT2D eigenvalue weighted by Gasteiger charge is -2.16. The summed E-state index contributed by atoms with van der Waals surface area (Å²) in [6.45, 7) is 0.362. The van der Waals surface area contributed by atoms with Gasteiger partial charge in [-0.15, -0.1) is 0 Å². The van der Waals surface area contributed by atoms with Crippen molar-refractivity contribution in [1.82, 2.24) is 4.31 Å². The monoisotopic (exact) mass is 340 g/mol. The zero-order chi connectivity index (χ0) is 15.5. The quantitative estimate of drug-likeness (QED) is 0.820. The van der Waals surface area contributed by atoms with E-state index in [1.165, 1.54) is 4.31 Å². The van der Waals surface area contributed by atoms with Crippen LogP contribution in [0.4, 0.5) is 0 Å². The second-order valence-corrected chi connectivity index (χ2v) is 8.03. The predicted octanol–water partition coefficient (Wildman–Crippen LogP) is 2.40. The summed E-state index contributed by atoms with van der Waals surface area (Å²) >= 11 is 6.39. The molecule has 112 valence electrons.